The van der Waals surface area contributed by atoms with Gasteiger partial charge >= 0.3 is 5.69 Å². The number of ether oxygens (including phenoxy) is 1. The number of aromatic nitrogens is 4. The lowest BCUT2D eigenvalue weighted by Crippen LogP contribution is -2.33. The average molecular weight is 526 g/mol. The zero-order valence-electron chi connectivity index (χ0n) is 19.8. The van der Waals surface area contributed by atoms with Crippen LogP contribution < -0.4 is 21.7 Å². The molecular formula is C26H25Cl2N5O3. The highest BCUT2D eigenvalue weighted by Gasteiger charge is 2.24. The van der Waals surface area contributed by atoms with Gasteiger partial charge in [-0.2, -0.15) is 4.68 Å². The summed E-state index contributed by atoms with van der Waals surface area (Å²) in [5.74, 6) is 1.55. The quantitative estimate of drug-likeness (QED) is 0.350. The molecule has 2 aromatic carbocycles. The van der Waals surface area contributed by atoms with Gasteiger partial charge in [0.2, 0.25) is 5.82 Å². The molecule has 5 rings (SSSR count). The Bertz CT molecular complexity index is 1570. The Labute approximate surface area is 217 Å². The molecule has 3 N–H and O–H groups in total. The molecule has 1 aliphatic rings. The van der Waals surface area contributed by atoms with Crippen molar-refractivity contribution in [1.29, 1.82) is 0 Å². The first-order chi connectivity index (χ1) is 17.2. The number of hydrogen-bond donors (Lipinski definition) is 2. The van der Waals surface area contributed by atoms with E-state index in [0.29, 0.717) is 17.6 Å². The second kappa shape index (κ2) is 9.59. The SMILES string of the molecule is Cc1cc(C2CCCCC2C)nc2ccc(Oc3c(Cl)cc(-n4nc(N)c(=O)[nH]c4=O)cc3Cl)cc12. The molecule has 1 saturated carbocycles. The standard InChI is InChI=1S/C26H25Cl2N5O3/c1-13-5-3-4-6-17(13)22-9-14(2)18-12-16(7-8-21(18)30-22)36-23-19(27)10-15(11-20(23)28)33-26(35)31-25(34)24(29)32-33/h7-13,17H,3-6H2,1-2H3,(H2,29,32)(H,31,34,35). The van der Waals surface area contributed by atoms with Crippen LogP contribution in [0.15, 0.2) is 46.0 Å². The molecule has 2 atom stereocenters. The summed E-state index contributed by atoms with van der Waals surface area (Å²) < 4.78 is 6.96. The van der Waals surface area contributed by atoms with E-state index in [2.05, 4.69) is 30.0 Å². The van der Waals surface area contributed by atoms with Gasteiger partial charge in [-0.25, -0.2) is 4.79 Å². The van der Waals surface area contributed by atoms with Crippen LogP contribution >= 0.6 is 23.2 Å². The number of nitrogen functional groups attached to an aromatic ring is 1. The number of nitrogens with zero attached hydrogens (tertiary/aromatic N) is 3. The van der Waals surface area contributed by atoms with E-state index in [0.717, 1.165) is 26.8 Å². The van der Waals surface area contributed by atoms with Gasteiger partial charge in [-0.15, -0.1) is 5.10 Å². The van der Waals surface area contributed by atoms with Crippen LogP contribution in [0.5, 0.6) is 11.5 Å². The average Bonchev–Trinajstić information content (AvgIpc) is 2.84. The van der Waals surface area contributed by atoms with E-state index >= 15 is 0 Å². The molecule has 8 nitrogen and oxygen atoms in total. The Morgan fingerprint density at radius 3 is 2.53 bits per heavy atom. The topological polar surface area (TPSA) is 116 Å². The monoisotopic (exact) mass is 525 g/mol. The van der Waals surface area contributed by atoms with E-state index in [1.807, 2.05) is 18.2 Å². The number of halogens is 2. The minimum atomic E-state index is -0.769. The number of H-pyrrole nitrogens is 1. The summed E-state index contributed by atoms with van der Waals surface area (Å²) in [5, 5.41) is 5.11. The fourth-order valence-corrected chi connectivity index (χ4v) is 5.43. The molecule has 1 fully saturated rings. The Balaban J connectivity index is 1.47. The predicted molar refractivity (Wildman–Crippen MR) is 142 cm³/mol. The van der Waals surface area contributed by atoms with Crippen molar-refractivity contribution < 1.29 is 4.74 Å². The van der Waals surface area contributed by atoms with Gasteiger partial charge in [-0.3, -0.25) is 14.8 Å². The first-order valence-corrected chi connectivity index (χ1v) is 12.5. The van der Waals surface area contributed by atoms with Gasteiger partial charge in [0.05, 0.1) is 21.2 Å². The number of aryl methyl sites for hydroxylation is 1. The van der Waals surface area contributed by atoms with Crippen LogP contribution in [0, 0.1) is 12.8 Å². The van der Waals surface area contributed by atoms with Crippen molar-refractivity contribution in [2.45, 2.75) is 45.4 Å². The Hall–Kier alpha value is -3.36. The minimum absolute atomic E-state index is 0.160. The van der Waals surface area contributed by atoms with Gasteiger partial charge in [-0.1, -0.05) is 49.4 Å². The summed E-state index contributed by atoms with van der Waals surface area (Å²) in [4.78, 5) is 30.7. The molecule has 0 spiro atoms. The molecule has 1 aliphatic carbocycles. The molecule has 0 saturated heterocycles. The molecule has 0 aliphatic heterocycles. The second-order valence-corrected chi connectivity index (χ2v) is 10.1. The van der Waals surface area contributed by atoms with Crippen LogP contribution in [-0.2, 0) is 0 Å². The first-order valence-electron chi connectivity index (χ1n) is 11.8. The fraction of sp³-hybridized carbons (Fsp3) is 0.308. The molecule has 36 heavy (non-hydrogen) atoms. The first kappa shape index (κ1) is 24.3. The maximum atomic E-state index is 12.2. The molecule has 0 bridgehead atoms. The Morgan fingerprint density at radius 1 is 1.08 bits per heavy atom. The van der Waals surface area contributed by atoms with Crippen LogP contribution in [0.4, 0.5) is 5.82 Å². The maximum absolute atomic E-state index is 12.2. The Kier molecular flexibility index (Phi) is 6.49. The molecule has 2 unspecified atom stereocenters. The molecule has 0 amide bonds. The zero-order valence-corrected chi connectivity index (χ0v) is 21.4. The number of hydrogen-bond acceptors (Lipinski definition) is 6. The van der Waals surface area contributed by atoms with Crippen molar-refractivity contribution in [1.82, 2.24) is 19.7 Å². The second-order valence-electron chi connectivity index (χ2n) is 9.31. The number of nitrogens with one attached hydrogen (secondary N) is 1. The third kappa shape index (κ3) is 4.58. The zero-order chi connectivity index (χ0) is 25.6. The lowest BCUT2D eigenvalue weighted by Gasteiger charge is -2.28. The maximum Gasteiger partial charge on any atom is 0.349 e. The van der Waals surface area contributed by atoms with E-state index in [1.165, 1.54) is 37.8 Å². The number of aromatic amines is 1. The van der Waals surface area contributed by atoms with Gasteiger partial charge in [0.1, 0.15) is 5.75 Å². The minimum Gasteiger partial charge on any atom is -0.454 e. The van der Waals surface area contributed by atoms with Gasteiger partial charge in [0, 0.05) is 17.0 Å². The number of rotatable bonds is 4. The fourth-order valence-electron chi connectivity index (χ4n) is 4.88. The van der Waals surface area contributed by atoms with E-state index < -0.39 is 11.2 Å². The van der Waals surface area contributed by atoms with Crippen LogP contribution in [0.2, 0.25) is 10.0 Å². The van der Waals surface area contributed by atoms with E-state index in [-0.39, 0.29) is 27.3 Å². The lowest BCUT2D eigenvalue weighted by molar-refractivity contribution is 0.326. The molecule has 2 aromatic heterocycles. The van der Waals surface area contributed by atoms with E-state index in [1.54, 1.807) is 0 Å². The highest BCUT2D eigenvalue weighted by atomic mass is 35.5. The summed E-state index contributed by atoms with van der Waals surface area (Å²) in [6.07, 6.45) is 4.97. The normalized spacial score (nSPS) is 17.9. The predicted octanol–water partition coefficient (Wildman–Crippen LogP) is 5.75. The number of nitrogens with two attached hydrogens (primary N) is 1. The smallest absolute Gasteiger partial charge is 0.349 e. The summed E-state index contributed by atoms with van der Waals surface area (Å²) in [7, 11) is 0. The van der Waals surface area contributed by atoms with Crippen LogP contribution in [0.1, 0.15) is 49.8 Å². The van der Waals surface area contributed by atoms with Crippen molar-refractivity contribution in [3.8, 4) is 17.2 Å². The van der Waals surface area contributed by atoms with Crippen LogP contribution in [0.3, 0.4) is 0 Å². The van der Waals surface area contributed by atoms with Crippen LogP contribution in [0.25, 0.3) is 16.6 Å². The molecule has 4 aromatic rings. The lowest BCUT2D eigenvalue weighted by atomic mass is 9.78. The summed E-state index contributed by atoms with van der Waals surface area (Å²) in [5.41, 5.74) is 7.45. The molecule has 0 radical (unpaired) electrons. The number of benzene rings is 2. The highest BCUT2D eigenvalue weighted by Crippen LogP contribution is 2.40. The van der Waals surface area contributed by atoms with Gasteiger partial charge in [0.15, 0.2) is 5.75 Å². The third-order valence-corrected chi connectivity index (χ3v) is 7.36. The Morgan fingerprint density at radius 2 is 1.81 bits per heavy atom. The highest BCUT2D eigenvalue weighted by molar-refractivity contribution is 6.37. The number of pyridine rings is 1. The summed E-state index contributed by atoms with van der Waals surface area (Å²) >= 11 is 12.9. The van der Waals surface area contributed by atoms with Gasteiger partial charge in [-0.05, 0) is 61.2 Å². The van der Waals surface area contributed by atoms with Crippen molar-refractivity contribution in [2.24, 2.45) is 5.92 Å². The van der Waals surface area contributed by atoms with Crippen molar-refractivity contribution in [2.75, 3.05) is 5.73 Å². The van der Waals surface area contributed by atoms with Crippen molar-refractivity contribution in [3.05, 3.63) is 78.5 Å². The molecular weight excluding hydrogens is 501 g/mol. The summed E-state index contributed by atoms with van der Waals surface area (Å²) in [6.45, 7) is 4.40. The van der Waals surface area contributed by atoms with E-state index in [4.69, 9.17) is 38.7 Å². The van der Waals surface area contributed by atoms with E-state index in [9.17, 15) is 9.59 Å². The largest absolute Gasteiger partial charge is 0.454 e. The van der Waals surface area contributed by atoms with Crippen LogP contribution in [-0.4, -0.2) is 19.7 Å². The molecule has 186 valence electrons. The number of anilines is 1. The van der Waals surface area contributed by atoms with Crippen molar-refractivity contribution >= 4 is 39.9 Å². The number of fused-ring (bicyclic) bond motifs is 1. The third-order valence-electron chi connectivity index (χ3n) is 6.80. The van der Waals surface area contributed by atoms with Crippen molar-refractivity contribution in [3.63, 3.8) is 0 Å². The summed E-state index contributed by atoms with van der Waals surface area (Å²) in [6, 6.07) is 10.8. The molecule has 2 heterocycles. The van der Waals surface area contributed by atoms with Gasteiger partial charge < -0.3 is 10.5 Å². The van der Waals surface area contributed by atoms with Gasteiger partial charge in [0.25, 0.3) is 5.56 Å². The molecule has 10 heteroatoms.